The summed E-state index contributed by atoms with van der Waals surface area (Å²) in [6, 6.07) is 9.82. The largest absolute Gasteiger partial charge is 0.437 e. The zero-order valence-corrected chi connectivity index (χ0v) is 13.2. The van der Waals surface area contributed by atoms with Crippen LogP contribution in [0.2, 0.25) is 10.0 Å². The van der Waals surface area contributed by atoms with Crippen molar-refractivity contribution in [3.63, 3.8) is 0 Å². The quantitative estimate of drug-likeness (QED) is 0.863. The summed E-state index contributed by atoms with van der Waals surface area (Å²) in [7, 11) is 0. The molecule has 0 unspecified atom stereocenters. The number of halogens is 2. The van der Waals surface area contributed by atoms with Crippen molar-refractivity contribution in [1.82, 2.24) is 10.3 Å². The van der Waals surface area contributed by atoms with Gasteiger partial charge in [0.15, 0.2) is 0 Å². The van der Waals surface area contributed by atoms with E-state index < -0.39 is 0 Å². The third-order valence-corrected chi connectivity index (χ3v) is 3.80. The molecular weight excluding hydrogens is 307 g/mol. The van der Waals surface area contributed by atoms with E-state index in [1.54, 1.807) is 18.2 Å². The molecule has 1 saturated carbocycles. The van der Waals surface area contributed by atoms with Crippen LogP contribution in [0.25, 0.3) is 0 Å². The molecule has 0 aliphatic heterocycles. The van der Waals surface area contributed by atoms with Crippen LogP contribution < -0.4 is 10.1 Å². The molecule has 1 aromatic carbocycles. The molecule has 0 bridgehead atoms. The highest BCUT2D eigenvalue weighted by molar-refractivity contribution is 6.35. The van der Waals surface area contributed by atoms with Crippen molar-refractivity contribution in [1.29, 1.82) is 0 Å². The van der Waals surface area contributed by atoms with Crippen LogP contribution in [0.15, 0.2) is 30.3 Å². The maximum Gasteiger partial charge on any atom is 0.219 e. The van der Waals surface area contributed by atoms with Gasteiger partial charge in [-0.2, -0.15) is 0 Å². The van der Waals surface area contributed by atoms with Crippen molar-refractivity contribution in [3.8, 4) is 11.6 Å². The zero-order valence-electron chi connectivity index (χ0n) is 11.7. The van der Waals surface area contributed by atoms with Gasteiger partial charge in [-0.1, -0.05) is 23.2 Å². The van der Waals surface area contributed by atoms with Gasteiger partial charge in [0, 0.05) is 29.4 Å². The van der Waals surface area contributed by atoms with Gasteiger partial charge in [-0.3, -0.25) is 0 Å². The fraction of sp³-hybridized carbons (Fsp3) is 0.312. The van der Waals surface area contributed by atoms with Crippen molar-refractivity contribution in [2.75, 3.05) is 0 Å². The second-order valence-corrected chi connectivity index (χ2v) is 6.13. The zero-order chi connectivity index (χ0) is 14.8. The topological polar surface area (TPSA) is 34.1 Å². The minimum Gasteiger partial charge on any atom is -0.437 e. The van der Waals surface area contributed by atoms with E-state index in [9.17, 15) is 0 Å². The number of hydrogen-bond acceptors (Lipinski definition) is 3. The number of hydrogen-bond donors (Lipinski definition) is 1. The van der Waals surface area contributed by atoms with E-state index in [-0.39, 0.29) is 0 Å². The smallest absolute Gasteiger partial charge is 0.219 e. The number of rotatable bonds is 5. The maximum absolute atomic E-state index is 6.12. The van der Waals surface area contributed by atoms with Crippen molar-refractivity contribution in [2.24, 2.45) is 0 Å². The fourth-order valence-corrected chi connectivity index (χ4v) is 2.53. The van der Waals surface area contributed by atoms with Gasteiger partial charge in [0.1, 0.15) is 5.75 Å². The molecule has 0 radical (unpaired) electrons. The van der Waals surface area contributed by atoms with Crippen LogP contribution in [0.1, 0.15) is 24.1 Å². The van der Waals surface area contributed by atoms with Crippen LogP contribution >= 0.6 is 23.2 Å². The Labute approximate surface area is 134 Å². The molecule has 5 heteroatoms. The predicted octanol–water partition coefficient (Wildman–Crippen LogP) is 4.74. The summed E-state index contributed by atoms with van der Waals surface area (Å²) in [5, 5.41) is 4.54. The molecule has 0 spiro atoms. The molecule has 21 heavy (non-hydrogen) atoms. The molecule has 0 atom stereocenters. The van der Waals surface area contributed by atoms with E-state index in [2.05, 4.69) is 16.4 Å². The molecule has 3 nitrogen and oxygen atoms in total. The van der Waals surface area contributed by atoms with E-state index >= 15 is 0 Å². The number of nitrogens with zero attached hydrogens (tertiary/aromatic N) is 1. The van der Waals surface area contributed by atoms with Crippen LogP contribution in [0, 0.1) is 6.92 Å². The van der Waals surface area contributed by atoms with E-state index in [4.69, 9.17) is 27.9 Å². The van der Waals surface area contributed by atoms with Crippen molar-refractivity contribution in [2.45, 2.75) is 32.4 Å². The minimum atomic E-state index is 0.475. The average Bonchev–Trinajstić information content (AvgIpc) is 3.23. The second-order valence-electron chi connectivity index (χ2n) is 5.29. The van der Waals surface area contributed by atoms with Crippen molar-refractivity contribution < 1.29 is 4.74 Å². The first kappa shape index (κ1) is 14.6. The van der Waals surface area contributed by atoms with Crippen LogP contribution in [-0.4, -0.2) is 11.0 Å². The molecule has 1 aliphatic rings. The lowest BCUT2D eigenvalue weighted by Gasteiger charge is -2.10. The Morgan fingerprint density at radius 1 is 1.24 bits per heavy atom. The van der Waals surface area contributed by atoms with Gasteiger partial charge in [0.2, 0.25) is 5.88 Å². The molecule has 110 valence electrons. The molecule has 1 aliphatic carbocycles. The molecule has 1 N–H and O–H groups in total. The highest BCUT2D eigenvalue weighted by atomic mass is 35.5. The Bertz CT molecular complexity index is 657. The van der Waals surface area contributed by atoms with Crippen molar-refractivity contribution >= 4 is 23.2 Å². The summed E-state index contributed by atoms with van der Waals surface area (Å²) in [6.45, 7) is 2.79. The first-order valence-corrected chi connectivity index (χ1v) is 7.69. The fourth-order valence-electron chi connectivity index (χ4n) is 2.08. The maximum atomic E-state index is 6.12. The lowest BCUT2D eigenvalue weighted by molar-refractivity contribution is 0.460. The van der Waals surface area contributed by atoms with Crippen LogP contribution in [0.5, 0.6) is 11.6 Å². The number of ether oxygens (including phenoxy) is 1. The number of nitrogens with one attached hydrogen (secondary N) is 1. The predicted molar refractivity (Wildman–Crippen MR) is 85.4 cm³/mol. The van der Waals surface area contributed by atoms with Crippen LogP contribution in [0.4, 0.5) is 0 Å². The molecule has 1 fully saturated rings. The minimum absolute atomic E-state index is 0.475. The monoisotopic (exact) mass is 322 g/mol. The van der Waals surface area contributed by atoms with Crippen LogP contribution in [0.3, 0.4) is 0 Å². The van der Waals surface area contributed by atoms with Gasteiger partial charge < -0.3 is 10.1 Å². The molecule has 1 aromatic heterocycles. The summed E-state index contributed by atoms with van der Waals surface area (Å²) in [5.41, 5.74) is 2.08. The Balaban J connectivity index is 1.77. The molecular formula is C16H16Cl2N2O. The standard InChI is InChI=1S/C16H16Cl2N2O/c1-10-6-11(9-19-13-3-4-13)7-16(20-10)21-15-5-2-12(17)8-14(15)18/h2,5-8,13,19H,3-4,9H2,1H3. The van der Waals surface area contributed by atoms with Crippen LogP contribution in [-0.2, 0) is 6.54 Å². The summed E-state index contributed by atoms with van der Waals surface area (Å²) >= 11 is 12.0. The van der Waals surface area contributed by atoms with Gasteiger partial charge in [-0.25, -0.2) is 4.98 Å². The van der Waals surface area contributed by atoms with Gasteiger partial charge in [-0.05, 0) is 49.6 Å². The number of pyridine rings is 1. The Hall–Kier alpha value is -1.29. The Morgan fingerprint density at radius 3 is 2.76 bits per heavy atom. The van der Waals surface area contributed by atoms with Gasteiger partial charge >= 0.3 is 0 Å². The third kappa shape index (κ3) is 4.10. The Morgan fingerprint density at radius 2 is 2.05 bits per heavy atom. The highest BCUT2D eigenvalue weighted by Crippen LogP contribution is 2.31. The molecule has 1 heterocycles. The molecule has 0 amide bonds. The summed E-state index contributed by atoms with van der Waals surface area (Å²) in [5.74, 6) is 1.10. The second kappa shape index (κ2) is 6.22. The van der Waals surface area contributed by atoms with Gasteiger partial charge in [-0.15, -0.1) is 0 Å². The summed E-state index contributed by atoms with van der Waals surface area (Å²) < 4.78 is 5.78. The first-order valence-electron chi connectivity index (χ1n) is 6.94. The van der Waals surface area contributed by atoms with E-state index in [0.717, 1.165) is 17.8 Å². The average molecular weight is 323 g/mol. The van der Waals surface area contributed by atoms with Gasteiger partial charge in [0.25, 0.3) is 0 Å². The van der Waals surface area contributed by atoms with E-state index in [1.165, 1.54) is 12.8 Å². The number of benzene rings is 1. The van der Waals surface area contributed by atoms with Gasteiger partial charge in [0.05, 0.1) is 5.02 Å². The normalized spacial score (nSPS) is 14.2. The lowest BCUT2D eigenvalue weighted by atomic mass is 10.2. The van der Waals surface area contributed by atoms with E-state index in [1.807, 2.05) is 13.0 Å². The number of aryl methyl sites for hydroxylation is 1. The lowest BCUT2D eigenvalue weighted by Crippen LogP contribution is -2.15. The first-order chi connectivity index (χ1) is 10.1. The molecule has 2 aromatic rings. The SMILES string of the molecule is Cc1cc(CNC2CC2)cc(Oc2ccc(Cl)cc2Cl)n1. The highest BCUT2D eigenvalue weighted by Gasteiger charge is 2.20. The van der Waals surface area contributed by atoms with Crippen molar-refractivity contribution in [3.05, 3.63) is 51.6 Å². The summed E-state index contributed by atoms with van der Waals surface area (Å²) in [6.07, 6.45) is 2.54. The molecule has 3 rings (SSSR count). The third-order valence-electron chi connectivity index (χ3n) is 3.27. The van der Waals surface area contributed by atoms with E-state index in [0.29, 0.717) is 27.7 Å². The molecule has 0 saturated heterocycles. The number of aromatic nitrogens is 1. The summed E-state index contributed by atoms with van der Waals surface area (Å²) in [4.78, 5) is 4.39. The Kier molecular flexibility index (Phi) is 4.34.